The summed E-state index contributed by atoms with van der Waals surface area (Å²) in [4.78, 5) is 23.2. The van der Waals surface area contributed by atoms with Gasteiger partial charge in [0.25, 0.3) is 5.91 Å². The number of amides is 1. The fourth-order valence-electron chi connectivity index (χ4n) is 2.84. The number of benzene rings is 2. The highest BCUT2D eigenvalue weighted by molar-refractivity contribution is 6.04. The Balaban J connectivity index is 1.62. The van der Waals surface area contributed by atoms with E-state index in [0.29, 0.717) is 11.6 Å². The third kappa shape index (κ3) is 5.14. The van der Waals surface area contributed by atoms with Crippen molar-refractivity contribution in [3.05, 3.63) is 83.7 Å². The smallest absolute Gasteiger partial charge is 0.276 e. The van der Waals surface area contributed by atoms with Crippen LogP contribution in [0.15, 0.2) is 66.7 Å². The van der Waals surface area contributed by atoms with Gasteiger partial charge in [-0.2, -0.15) is 0 Å². The molecule has 2 aromatic carbocycles. The number of para-hydroxylation sites is 1. The van der Waals surface area contributed by atoms with Crippen molar-refractivity contribution in [2.75, 3.05) is 23.8 Å². The van der Waals surface area contributed by atoms with E-state index in [0.717, 1.165) is 30.8 Å². The van der Waals surface area contributed by atoms with Crippen molar-refractivity contribution < 1.29 is 4.79 Å². The van der Waals surface area contributed by atoms with Gasteiger partial charge in [0, 0.05) is 25.0 Å². The van der Waals surface area contributed by atoms with Crippen molar-refractivity contribution in [2.24, 2.45) is 0 Å². The SMILES string of the molecule is Cc1cc(C(=O)N(C)c2ccccc2)nc(NCCCc2ccccc2)n1. The van der Waals surface area contributed by atoms with E-state index in [1.165, 1.54) is 5.56 Å². The zero-order valence-corrected chi connectivity index (χ0v) is 15.7. The van der Waals surface area contributed by atoms with Gasteiger partial charge in [0.15, 0.2) is 0 Å². The molecular weight excluding hydrogens is 336 g/mol. The van der Waals surface area contributed by atoms with Crippen LogP contribution in [0.1, 0.15) is 28.2 Å². The number of carbonyl (C=O) groups excluding carboxylic acids is 1. The molecule has 138 valence electrons. The molecular formula is C22H24N4O. The molecule has 5 nitrogen and oxygen atoms in total. The summed E-state index contributed by atoms with van der Waals surface area (Å²) in [5, 5.41) is 3.24. The first-order valence-corrected chi connectivity index (χ1v) is 9.10. The molecule has 0 atom stereocenters. The van der Waals surface area contributed by atoms with E-state index in [1.807, 2.05) is 55.5 Å². The van der Waals surface area contributed by atoms with E-state index in [4.69, 9.17) is 0 Å². The molecule has 0 saturated carbocycles. The van der Waals surface area contributed by atoms with Crippen LogP contribution < -0.4 is 10.2 Å². The van der Waals surface area contributed by atoms with Crippen LogP contribution in [0.2, 0.25) is 0 Å². The summed E-state index contributed by atoms with van der Waals surface area (Å²) in [6.07, 6.45) is 1.96. The highest BCUT2D eigenvalue weighted by Gasteiger charge is 2.16. The van der Waals surface area contributed by atoms with Gasteiger partial charge in [-0.15, -0.1) is 0 Å². The number of aryl methyl sites for hydroxylation is 2. The van der Waals surface area contributed by atoms with Crippen LogP contribution in [0.4, 0.5) is 11.6 Å². The van der Waals surface area contributed by atoms with Crippen molar-refractivity contribution in [1.82, 2.24) is 9.97 Å². The van der Waals surface area contributed by atoms with Crippen molar-refractivity contribution >= 4 is 17.5 Å². The van der Waals surface area contributed by atoms with Crippen molar-refractivity contribution in [3.63, 3.8) is 0 Å². The van der Waals surface area contributed by atoms with Crippen LogP contribution in [-0.4, -0.2) is 29.5 Å². The van der Waals surface area contributed by atoms with Gasteiger partial charge in [0.1, 0.15) is 5.69 Å². The minimum absolute atomic E-state index is 0.154. The van der Waals surface area contributed by atoms with Crippen LogP contribution in [-0.2, 0) is 6.42 Å². The van der Waals surface area contributed by atoms with E-state index < -0.39 is 0 Å². The van der Waals surface area contributed by atoms with Crippen LogP contribution in [0.5, 0.6) is 0 Å². The second-order valence-electron chi connectivity index (χ2n) is 6.43. The molecule has 0 unspecified atom stereocenters. The van der Waals surface area contributed by atoms with Gasteiger partial charge in [-0.3, -0.25) is 4.79 Å². The zero-order valence-electron chi connectivity index (χ0n) is 15.7. The maximum atomic E-state index is 12.8. The van der Waals surface area contributed by atoms with Crippen molar-refractivity contribution in [2.45, 2.75) is 19.8 Å². The van der Waals surface area contributed by atoms with Crippen molar-refractivity contribution in [1.29, 1.82) is 0 Å². The number of aromatic nitrogens is 2. The fraction of sp³-hybridized carbons (Fsp3) is 0.227. The summed E-state index contributed by atoms with van der Waals surface area (Å²) >= 11 is 0. The molecule has 1 aromatic heterocycles. The Labute approximate surface area is 160 Å². The molecule has 0 aliphatic rings. The van der Waals surface area contributed by atoms with Gasteiger partial charge in [-0.25, -0.2) is 9.97 Å². The monoisotopic (exact) mass is 360 g/mol. The molecule has 3 aromatic rings. The lowest BCUT2D eigenvalue weighted by Gasteiger charge is -2.17. The maximum absolute atomic E-state index is 12.8. The molecule has 1 N–H and O–H groups in total. The largest absolute Gasteiger partial charge is 0.354 e. The van der Waals surface area contributed by atoms with E-state index in [2.05, 4.69) is 27.4 Å². The molecule has 3 rings (SSSR count). The molecule has 0 saturated heterocycles. The Bertz CT molecular complexity index is 881. The summed E-state index contributed by atoms with van der Waals surface area (Å²) in [5.41, 5.74) is 3.29. The number of rotatable bonds is 7. The first-order chi connectivity index (χ1) is 13.1. The van der Waals surface area contributed by atoms with Gasteiger partial charge < -0.3 is 10.2 Å². The Hall–Kier alpha value is -3.21. The van der Waals surface area contributed by atoms with E-state index >= 15 is 0 Å². The minimum atomic E-state index is -0.154. The normalized spacial score (nSPS) is 10.4. The predicted octanol–water partition coefficient (Wildman–Crippen LogP) is 4.11. The molecule has 0 aliphatic carbocycles. The molecule has 1 heterocycles. The quantitative estimate of drug-likeness (QED) is 0.644. The van der Waals surface area contributed by atoms with Gasteiger partial charge in [-0.05, 0) is 43.5 Å². The van der Waals surface area contributed by atoms with Gasteiger partial charge in [0.2, 0.25) is 5.95 Å². The number of anilines is 2. The molecule has 0 fully saturated rings. The Morgan fingerprint density at radius 2 is 1.67 bits per heavy atom. The third-order valence-electron chi connectivity index (χ3n) is 4.29. The average Bonchev–Trinajstić information content (AvgIpc) is 2.71. The molecule has 1 amide bonds. The molecule has 0 radical (unpaired) electrons. The number of carbonyl (C=O) groups is 1. The summed E-state index contributed by atoms with van der Waals surface area (Å²) in [7, 11) is 1.75. The number of hydrogen-bond donors (Lipinski definition) is 1. The third-order valence-corrected chi connectivity index (χ3v) is 4.29. The van der Waals surface area contributed by atoms with Gasteiger partial charge >= 0.3 is 0 Å². The molecule has 0 spiro atoms. The fourth-order valence-corrected chi connectivity index (χ4v) is 2.84. The van der Waals surface area contributed by atoms with Gasteiger partial charge in [0.05, 0.1) is 0 Å². The molecule has 0 bridgehead atoms. The zero-order chi connectivity index (χ0) is 19.1. The van der Waals surface area contributed by atoms with Crippen molar-refractivity contribution in [3.8, 4) is 0 Å². The summed E-state index contributed by atoms with van der Waals surface area (Å²) in [5.74, 6) is 0.340. The first kappa shape index (κ1) is 18.6. The lowest BCUT2D eigenvalue weighted by Crippen LogP contribution is -2.27. The predicted molar refractivity (Wildman–Crippen MR) is 109 cm³/mol. The first-order valence-electron chi connectivity index (χ1n) is 9.10. The molecule has 0 aliphatic heterocycles. The average molecular weight is 360 g/mol. The summed E-state index contributed by atoms with van der Waals surface area (Å²) in [6.45, 7) is 2.62. The van der Waals surface area contributed by atoms with E-state index in [9.17, 15) is 4.79 Å². The maximum Gasteiger partial charge on any atom is 0.276 e. The van der Waals surface area contributed by atoms with E-state index in [1.54, 1.807) is 18.0 Å². The Morgan fingerprint density at radius 3 is 2.37 bits per heavy atom. The second kappa shape index (κ2) is 8.94. The summed E-state index contributed by atoms with van der Waals surface area (Å²) < 4.78 is 0. The molecule has 5 heteroatoms. The minimum Gasteiger partial charge on any atom is -0.354 e. The van der Waals surface area contributed by atoms with E-state index in [-0.39, 0.29) is 5.91 Å². The lowest BCUT2D eigenvalue weighted by atomic mass is 10.1. The van der Waals surface area contributed by atoms with Crippen LogP contribution in [0, 0.1) is 6.92 Å². The summed E-state index contributed by atoms with van der Waals surface area (Å²) in [6, 6.07) is 21.6. The highest BCUT2D eigenvalue weighted by atomic mass is 16.2. The number of nitrogens with zero attached hydrogens (tertiary/aromatic N) is 3. The molecule has 27 heavy (non-hydrogen) atoms. The van der Waals surface area contributed by atoms with Crippen LogP contribution in [0.3, 0.4) is 0 Å². The number of nitrogens with one attached hydrogen (secondary N) is 1. The topological polar surface area (TPSA) is 58.1 Å². The second-order valence-corrected chi connectivity index (χ2v) is 6.43. The van der Waals surface area contributed by atoms with Gasteiger partial charge in [-0.1, -0.05) is 48.5 Å². The van der Waals surface area contributed by atoms with Crippen LogP contribution >= 0.6 is 0 Å². The Morgan fingerprint density at radius 1 is 1.00 bits per heavy atom. The lowest BCUT2D eigenvalue weighted by molar-refractivity contribution is 0.0988. The standard InChI is InChI=1S/C22H24N4O/c1-17-16-20(21(27)26(2)19-13-7-4-8-14-19)25-22(24-17)23-15-9-12-18-10-5-3-6-11-18/h3-8,10-11,13-14,16H,9,12,15H2,1-2H3,(H,23,24,25). The Kier molecular flexibility index (Phi) is 6.15. The highest BCUT2D eigenvalue weighted by Crippen LogP contribution is 2.15. The van der Waals surface area contributed by atoms with Crippen LogP contribution in [0.25, 0.3) is 0 Å². The number of hydrogen-bond acceptors (Lipinski definition) is 4.